The normalized spacial score (nSPS) is 9.29. The third-order valence-corrected chi connectivity index (χ3v) is 2.26. The Labute approximate surface area is 103 Å². The summed E-state index contributed by atoms with van der Waals surface area (Å²) in [5, 5.41) is 9.14. The van der Waals surface area contributed by atoms with Gasteiger partial charge in [0.2, 0.25) is 6.33 Å². The molecule has 0 aliphatic carbocycles. The third kappa shape index (κ3) is 9.35. The number of rotatable bonds is 6. The van der Waals surface area contributed by atoms with Gasteiger partial charge in [-0.3, -0.25) is 0 Å². The van der Waals surface area contributed by atoms with Crippen molar-refractivity contribution in [2.75, 3.05) is 0 Å². The topological polar surface area (TPSA) is 48.9 Å². The first-order valence-electron chi connectivity index (χ1n) is 5.94. The van der Waals surface area contributed by atoms with E-state index in [1.54, 1.807) is 0 Å². The first kappa shape index (κ1) is 15.4. The molecule has 0 fully saturated rings. The maximum absolute atomic E-state index is 9.14. The molecule has 4 heteroatoms. The fraction of sp³-hybridized carbons (Fsp3) is 0.538. The highest BCUT2D eigenvalue weighted by atomic mass is 16.4. The molecule has 0 saturated carbocycles. The Morgan fingerprint density at radius 2 is 2.12 bits per heavy atom. The van der Waals surface area contributed by atoms with E-state index >= 15 is 0 Å². The number of hydrogen-bond donors (Lipinski definition) is 0. The van der Waals surface area contributed by atoms with E-state index in [4.69, 9.17) is 9.90 Å². The summed E-state index contributed by atoms with van der Waals surface area (Å²) in [6, 6.07) is 0. The van der Waals surface area contributed by atoms with Crippen LogP contribution in [-0.2, 0) is 18.4 Å². The van der Waals surface area contributed by atoms with Crippen LogP contribution < -0.4 is 9.67 Å². The van der Waals surface area contributed by atoms with E-state index in [9.17, 15) is 0 Å². The van der Waals surface area contributed by atoms with Crippen molar-refractivity contribution >= 4 is 5.97 Å². The molecule has 0 spiro atoms. The van der Waals surface area contributed by atoms with E-state index in [1.165, 1.54) is 32.2 Å². The van der Waals surface area contributed by atoms with Crippen LogP contribution in [0.2, 0.25) is 0 Å². The second kappa shape index (κ2) is 9.63. The van der Waals surface area contributed by atoms with Gasteiger partial charge in [-0.25, -0.2) is 9.13 Å². The molecule has 0 radical (unpaired) electrons. The Morgan fingerprint density at radius 1 is 1.47 bits per heavy atom. The van der Waals surface area contributed by atoms with Crippen molar-refractivity contribution in [3.05, 3.63) is 31.4 Å². The number of imidazole rings is 1. The predicted molar refractivity (Wildman–Crippen MR) is 65.0 cm³/mol. The van der Waals surface area contributed by atoms with Crippen LogP contribution in [0.3, 0.4) is 0 Å². The zero-order valence-corrected chi connectivity index (χ0v) is 10.8. The van der Waals surface area contributed by atoms with Crippen molar-refractivity contribution in [3.8, 4) is 0 Å². The lowest BCUT2D eigenvalue weighted by Crippen LogP contribution is -2.23. The van der Waals surface area contributed by atoms with Gasteiger partial charge in [-0.1, -0.05) is 26.3 Å². The van der Waals surface area contributed by atoms with Gasteiger partial charge in [0.05, 0.1) is 19.6 Å². The molecule has 0 aromatic carbocycles. The molecule has 0 amide bonds. The Morgan fingerprint density at radius 3 is 2.53 bits per heavy atom. The first-order valence-corrected chi connectivity index (χ1v) is 5.94. The number of aryl methyl sites for hydroxylation is 2. The number of carboxylic acid groups (broad SMARTS) is 1. The van der Waals surface area contributed by atoms with E-state index in [2.05, 4.69) is 48.4 Å². The zero-order chi connectivity index (χ0) is 13.1. The Hall–Kier alpha value is -1.58. The average Bonchev–Trinajstić information content (AvgIpc) is 2.71. The number of carbonyl (C=O) groups excluding carboxylic acids is 1. The highest BCUT2D eigenvalue weighted by Gasteiger charge is 1.97. The number of carboxylic acids is 1. The van der Waals surface area contributed by atoms with Crippen molar-refractivity contribution in [1.82, 2.24) is 4.57 Å². The van der Waals surface area contributed by atoms with Gasteiger partial charge in [0.1, 0.15) is 12.4 Å². The Balaban J connectivity index is 0.000000437. The molecule has 1 heterocycles. The van der Waals surface area contributed by atoms with Crippen LogP contribution in [0, 0.1) is 0 Å². The number of aliphatic carboxylic acids is 1. The number of aromatic nitrogens is 2. The standard InChI is InChI=1S/C10H19N2.C3H4O2/c1-3-4-5-6-7-12-9-8-11(2)10-12;1-2-3(4)5/h8-10H,3-7H2,1-2H3;2H,1H2,(H,4,5)/q+1;/p-1. The highest BCUT2D eigenvalue weighted by molar-refractivity contribution is 5.76. The lowest BCUT2D eigenvalue weighted by molar-refractivity contribution is -0.671. The van der Waals surface area contributed by atoms with Gasteiger partial charge in [0.25, 0.3) is 0 Å². The quantitative estimate of drug-likeness (QED) is 0.418. The highest BCUT2D eigenvalue weighted by Crippen LogP contribution is 2.00. The second-order valence-corrected chi connectivity index (χ2v) is 3.90. The molecule has 1 aromatic rings. The van der Waals surface area contributed by atoms with E-state index in [0.29, 0.717) is 0 Å². The van der Waals surface area contributed by atoms with Gasteiger partial charge < -0.3 is 9.90 Å². The number of hydrogen-bond acceptors (Lipinski definition) is 2. The van der Waals surface area contributed by atoms with Crippen molar-refractivity contribution in [3.63, 3.8) is 0 Å². The minimum absolute atomic E-state index is 0.722. The summed E-state index contributed by atoms with van der Waals surface area (Å²) in [5.41, 5.74) is 0. The summed E-state index contributed by atoms with van der Waals surface area (Å²) < 4.78 is 4.33. The summed E-state index contributed by atoms with van der Waals surface area (Å²) in [4.78, 5) is 9.14. The molecule has 17 heavy (non-hydrogen) atoms. The molecule has 0 N–H and O–H groups in total. The smallest absolute Gasteiger partial charge is 0.243 e. The van der Waals surface area contributed by atoms with Crippen LogP contribution in [0.5, 0.6) is 0 Å². The Kier molecular flexibility index (Phi) is 8.74. The van der Waals surface area contributed by atoms with Crippen LogP contribution in [0.25, 0.3) is 0 Å². The molecular weight excluding hydrogens is 216 g/mol. The molecule has 1 rings (SSSR count). The van der Waals surface area contributed by atoms with Crippen LogP contribution in [-0.4, -0.2) is 10.5 Å². The lowest BCUT2D eigenvalue weighted by atomic mass is 10.2. The maximum atomic E-state index is 9.14. The first-order chi connectivity index (χ1) is 8.10. The SMILES string of the molecule is C=CC(=O)[O-].CCCCCCn1cc[n+](C)c1. The minimum atomic E-state index is -1.23. The van der Waals surface area contributed by atoms with Crippen molar-refractivity contribution in [2.45, 2.75) is 39.2 Å². The van der Waals surface area contributed by atoms with E-state index < -0.39 is 5.97 Å². The van der Waals surface area contributed by atoms with E-state index in [1.807, 2.05) is 0 Å². The summed E-state index contributed by atoms with van der Waals surface area (Å²) in [6.45, 7) is 6.31. The lowest BCUT2D eigenvalue weighted by Gasteiger charge is -1.95. The summed E-state index contributed by atoms with van der Waals surface area (Å²) >= 11 is 0. The van der Waals surface area contributed by atoms with Gasteiger partial charge in [-0.2, -0.15) is 0 Å². The van der Waals surface area contributed by atoms with Crippen molar-refractivity contribution in [1.29, 1.82) is 0 Å². The summed E-state index contributed by atoms with van der Waals surface area (Å²) in [5.74, 6) is -1.23. The van der Waals surface area contributed by atoms with Gasteiger partial charge in [-0.05, 0) is 18.9 Å². The largest absolute Gasteiger partial charge is 0.545 e. The molecule has 0 aliphatic heterocycles. The third-order valence-electron chi connectivity index (χ3n) is 2.26. The monoisotopic (exact) mass is 238 g/mol. The van der Waals surface area contributed by atoms with E-state index in [0.717, 1.165) is 6.08 Å². The van der Waals surface area contributed by atoms with Gasteiger partial charge in [0.15, 0.2) is 0 Å². The van der Waals surface area contributed by atoms with Gasteiger partial charge in [0, 0.05) is 0 Å². The Bertz CT molecular complexity index is 332. The fourth-order valence-electron chi connectivity index (χ4n) is 1.36. The van der Waals surface area contributed by atoms with Crippen LogP contribution in [0.4, 0.5) is 0 Å². The predicted octanol–water partition coefficient (Wildman–Crippen LogP) is 0.815. The molecule has 0 atom stereocenters. The summed E-state index contributed by atoms with van der Waals surface area (Å²) in [6.07, 6.45) is 12.4. The number of carbonyl (C=O) groups is 1. The molecule has 4 nitrogen and oxygen atoms in total. The minimum Gasteiger partial charge on any atom is -0.545 e. The second-order valence-electron chi connectivity index (χ2n) is 3.90. The van der Waals surface area contributed by atoms with Crippen LogP contribution >= 0.6 is 0 Å². The molecular formula is C13H22N2O2. The average molecular weight is 238 g/mol. The van der Waals surface area contributed by atoms with Gasteiger partial charge >= 0.3 is 0 Å². The molecule has 1 aromatic heterocycles. The number of nitrogens with zero attached hydrogens (tertiary/aromatic N) is 2. The van der Waals surface area contributed by atoms with E-state index in [-0.39, 0.29) is 0 Å². The molecule has 0 unspecified atom stereocenters. The zero-order valence-electron chi connectivity index (χ0n) is 10.8. The molecule has 0 bridgehead atoms. The maximum Gasteiger partial charge on any atom is 0.243 e. The van der Waals surface area contributed by atoms with Crippen LogP contribution in [0.1, 0.15) is 32.6 Å². The molecule has 96 valence electrons. The number of unbranched alkanes of at least 4 members (excludes halogenated alkanes) is 3. The summed E-state index contributed by atoms with van der Waals surface area (Å²) in [7, 11) is 2.06. The van der Waals surface area contributed by atoms with Crippen molar-refractivity contribution < 1.29 is 14.5 Å². The van der Waals surface area contributed by atoms with Crippen LogP contribution in [0.15, 0.2) is 31.4 Å². The fourth-order valence-corrected chi connectivity index (χ4v) is 1.36. The molecule has 0 aliphatic rings. The molecule has 0 saturated heterocycles. The van der Waals surface area contributed by atoms with Crippen molar-refractivity contribution in [2.24, 2.45) is 7.05 Å². The van der Waals surface area contributed by atoms with Gasteiger partial charge in [-0.15, -0.1) is 0 Å².